The fourth-order valence-electron chi connectivity index (χ4n) is 4.22. The number of benzene rings is 3. The standard InChI is InChI=1S/C26H28N4O3.2ClH/c1-29-12-14-30(15-13-29)23-8-5-6-20-11-10-19(16-22(20)23)17-32-18-25-27-26(33-28-25)21-7-3-4-9-24(21)31-2;;/h3-11,16H,12-15,17-18H2,1-2H3;2*1H. The summed E-state index contributed by atoms with van der Waals surface area (Å²) < 4.78 is 16.7. The number of para-hydroxylation sites is 1. The largest absolute Gasteiger partial charge is 0.496 e. The summed E-state index contributed by atoms with van der Waals surface area (Å²) in [5.74, 6) is 1.63. The summed E-state index contributed by atoms with van der Waals surface area (Å²) in [6, 6.07) is 20.6. The predicted octanol–water partition coefficient (Wildman–Crippen LogP) is 5.21. The molecule has 0 bridgehead atoms. The molecule has 7 nitrogen and oxygen atoms in total. The number of aromatic nitrogens is 2. The molecule has 35 heavy (non-hydrogen) atoms. The summed E-state index contributed by atoms with van der Waals surface area (Å²) in [6.45, 7) is 5.01. The molecule has 0 amide bonds. The molecule has 1 aliphatic rings. The van der Waals surface area contributed by atoms with Gasteiger partial charge in [0.1, 0.15) is 12.4 Å². The predicted molar refractivity (Wildman–Crippen MR) is 143 cm³/mol. The summed E-state index contributed by atoms with van der Waals surface area (Å²) in [5.41, 5.74) is 3.18. The average molecular weight is 517 g/mol. The molecule has 0 spiro atoms. The van der Waals surface area contributed by atoms with Gasteiger partial charge in [-0.15, -0.1) is 24.8 Å². The number of piperazine rings is 1. The van der Waals surface area contributed by atoms with Gasteiger partial charge >= 0.3 is 0 Å². The number of methoxy groups -OCH3 is 1. The van der Waals surface area contributed by atoms with Gasteiger partial charge in [0.15, 0.2) is 5.82 Å². The molecule has 4 aromatic rings. The van der Waals surface area contributed by atoms with Crippen molar-refractivity contribution in [2.75, 3.05) is 45.2 Å². The van der Waals surface area contributed by atoms with Crippen molar-refractivity contribution in [3.05, 3.63) is 72.1 Å². The van der Waals surface area contributed by atoms with E-state index in [1.165, 1.54) is 16.5 Å². The van der Waals surface area contributed by atoms with Gasteiger partial charge in [-0.1, -0.05) is 41.6 Å². The van der Waals surface area contributed by atoms with E-state index in [0.717, 1.165) is 37.3 Å². The van der Waals surface area contributed by atoms with E-state index in [2.05, 4.69) is 63.4 Å². The zero-order valence-corrected chi connectivity index (χ0v) is 21.5. The second-order valence-electron chi connectivity index (χ2n) is 8.33. The van der Waals surface area contributed by atoms with Gasteiger partial charge in [0.2, 0.25) is 0 Å². The highest BCUT2D eigenvalue weighted by atomic mass is 35.5. The SMILES string of the molecule is COc1ccccc1-c1nc(COCc2ccc3cccc(N4CCN(C)CC4)c3c2)no1.Cl.Cl. The molecular formula is C26H30Cl2N4O3. The molecular weight excluding hydrogens is 487 g/mol. The van der Waals surface area contributed by atoms with Crippen LogP contribution in [0.5, 0.6) is 5.75 Å². The molecule has 5 rings (SSSR count). The summed E-state index contributed by atoms with van der Waals surface area (Å²) >= 11 is 0. The van der Waals surface area contributed by atoms with E-state index in [1.807, 2.05) is 24.3 Å². The van der Waals surface area contributed by atoms with Crippen molar-refractivity contribution in [3.8, 4) is 17.2 Å². The number of likely N-dealkylation sites (N-methyl/N-ethyl adjacent to an activating group) is 1. The maximum Gasteiger partial charge on any atom is 0.261 e. The minimum atomic E-state index is 0. The van der Waals surface area contributed by atoms with Crippen molar-refractivity contribution in [1.29, 1.82) is 0 Å². The van der Waals surface area contributed by atoms with E-state index >= 15 is 0 Å². The fraction of sp³-hybridized carbons (Fsp3) is 0.308. The topological polar surface area (TPSA) is 63.9 Å². The molecule has 1 saturated heterocycles. The number of hydrogen-bond donors (Lipinski definition) is 0. The lowest BCUT2D eigenvalue weighted by Crippen LogP contribution is -2.44. The van der Waals surface area contributed by atoms with Crippen LogP contribution in [0, 0.1) is 0 Å². The van der Waals surface area contributed by atoms with Crippen molar-refractivity contribution in [1.82, 2.24) is 15.0 Å². The van der Waals surface area contributed by atoms with Gasteiger partial charge in [-0.2, -0.15) is 4.98 Å². The minimum absolute atomic E-state index is 0. The lowest BCUT2D eigenvalue weighted by atomic mass is 10.0. The molecule has 0 radical (unpaired) electrons. The van der Waals surface area contributed by atoms with Gasteiger partial charge in [0.05, 0.1) is 19.3 Å². The zero-order valence-electron chi connectivity index (χ0n) is 19.8. The highest BCUT2D eigenvalue weighted by Gasteiger charge is 2.17. The van der Waals surface area contributed by atoms with Crippen molar-refractivity contribution >= 4 is 41.3 Å². The third kappa shape index (κ3) is 6.05. The van der Waals surface area contributed by atoms with Crippen molar-refractivity contribution in [2.45, 2.75) is 13.2 Å². The van der Waals surface area contributed by atoms with Gasteiger partial charge in [-0.3, -0.25) is 0 Å². The first-order valence-corrected chi connectivity index (χ1v) is 11.2. The van der Waals surface area contributed by atoms with E-state index < -0.39 is 0 Å². The number of hydrogen-bond acceptors (Lipinski definition) is 7. The first kappa shape index (κ1) is 26.8. The summed E-state index contributed by atoms with van der Waals surface area (Å²) in [6.07, 6.45) is 0. The molecule has 186 valence electrons. The fourth-order valence-corrected chi connectivity index (χ4v) is 4.22. The molecule has 0 N–H and O–H groups in total. The Labute approximate surface area is 217 Å². The number of fused-ring (bicyclic) bond motifs is 1. The quantitative estimate of drug-likeness (QED) is 0.334. The van der Waals surface area contributed by atoms with Gasteiger partial charge in [-0.25, -0.2) is 0 Å². The van der Waals surface area contributed by atoms with Crippen LogP contribution >= 0.6 is 24.8 Å². The maximum absolute atomic E-state index is 5.92. The molecule has 0 saturated carbocycles. The molecule has 0 unspecified atom stereocenters. The monoisotopic (exact) mass is 516 g/mol. The Bertz CT molecular complexity index is 1240. The molecule has 1 aliphatic heterocycles. The Morgan fingerprint density at radius 3 is 2.51 bits per heavy atom. The van der Waals surface area contributed by atoms with E-state index in [4.69, 9.17) is 14.0 Å². The van der Waals surface area contributed by atoms with Gasteiger partial charge < -0.3 is 23.8 Å². The van der Waals surface area contributed by atoms with Crippen molar-refractivity contribution in [3.63, 3.8) is 0 Å². The van der Waals surface area contributed by atoms with Crippen LogP contribution in [-0.2, 0) is 18.0 Å². The van der Waals surface area contributed by atoms with Crippen LogP contribution in [0.3, 0.4) is 0 Å². The number of nitrogens with zero attached hydrogens (tertiary/aromatic N) is 4. The normalized spacial score (nSPS) is 13.8. The van der Waals surface area contributed by atoms with E-state index in [9.17, 15) is 0 Å². The Hall–Kier alpha value is -2.84. The van der Waals surface area contributed by atoms with Crippen molar-refractivity contribution in [2.24, 2.45) is 0 Å². The second kappa shape index (κ2) is 12.2. The Kier molecular flexibility index (Phi) is 9.34. The van der Waals surface area contributed by atoms with Crippen LogP contribution in [-0.4, -0.2) is 55.4 Å². The molecule has 3 aromatic carbocycles. The molecule has 1 fully saturated rings. The molecule has 9 heteroatoms. The number of halogens is 2. The number of ether oxygens (including phenoxy) is 2. The number of anilines is 1. The van der Waals surface area contributed by atoms with Crippen LogP contribution in [0.1, 0.15) is 11.4 Å². The van der Waals surface area contributed by atoms with Crippen LogP contribution in [0.2, 0.25) is 0 Å². The van der Waals surface area contributed by atoms with Crippen LogP contribution < -0.4 is 9.64 Å². The Balaban J connectivity index is 0.00000171. The van der Waals surface area contributed by atoms with Gasteiger partial charge in [0.25, 0.3) is 5.89 Å². The molecule has 1 aromatic heterocycles. The summed E-state index contributed by atoms with van der Waals surface area (Å²) in [7, 11) is 3.80. The zero-order chi connectivity index (χ0) is 22.6. The Morgan fingerprint density at radius 1 is 0.914 bits per heavy atom. The lowest BCUT2D eigenvalue weighted by Gasteiger charge is -2.34. The highest BCUT2D eigenvalue weighted by Crippen LogP contribution is 2.30. The Morgan fingerprint density at radius 2 is 1.71 bits per heavy atom. The molecule has 0 atom stereocenters. The molecule has 2 heterocycles. The second-order valence-corrected chi connectivity index (χ2v) is 8.33. The minimum Gasteiger partial charge on any atom is -0.496 e. The summed E-state index contributed by atoms with van der Waals surface area (Å²) in [5, 5.41) is 6.56. The van der Waals surface area contributed by atoms with Crippen molar-refractivity contribution < 1.29 is 14.0 Å². The smallest absolute Gasteiger partial charge is 0.261 e. The third-order valence-electron chi connectivity index (χ3n) is 6.07. The highest BCUT2D eigenvalue weighted by molar-refractivity contribution is 5.94. The van der Waals surface area contributed by atoms with E-state index in [1.54, 1.807) is 7.11 Å². The average Bonchev–Trinajstić information content (AvgIpc) is 3.33. The van der Waals surface area contributed by atoms with Crippen LogP contribution in [0.15, 0.2) is 65.2 Å². The van der Waals surface area contributed by atoms with Gasteiger partial charge in [-0.05, 0) is 42.3 Å². The first-order chi connectivity index (χ1) is 16.2. The van der Waals surface area contributed by atoms with E-state index in [0.29, 0.717) is 24.1 Å². The first-order valence-electron chi connectivity index (χ1n) is 11.2. The summed E-state index contributed by atoms with van der Waals surface area (Å²) in [4.78, 5) is 9.31. The molecule has 0 aliphatic carbocycles. The van der Waals surface area contributed by atoms with Crippen LogP contribution in [0.25, 0.3) is 22.2 Å². The third-order valence-corrected chi connectivity index (χ3v) is 6.07. The number of rotatable bonds is 7. The van der Waals surface area contributed by atoms with E-state index in [-0.39, 0.29) is 31.4 Å². The van der Waals surface area contributed by atoms with Crippen LogP contribution in [0.4, 0.5) is 5.69 Å². The van der Waals surface area contributed by atoms with Gasteiger partial charge in [0, 0.05) is 37.3 Å². The lowest BCUT2D eigenvalue weighted by molar-refractivity contribution is 0.100. The maximum atomic E-state index is 5.92.